The van der Waals surface area contributed by atoms with Crippen LogP contribution in [0.2, 0.25) is 0 Å². The third-order valence-electron chi connectivity index (χ3n) is 2.82. The molecule has 6 heteroatoms. The summed E-state index contributed by atoms with van der Waals surface area (Å²) in [4.78, 5) is 11.9. The van der Waals surface area contributed by atoms with Gasteiger partial charge in [0.1, 0.15) is 11.5 Å². The van der Waals surface area contributed by atoms with Crippen LogP contribution in [0.4, 0.5) is 5.69 Å². The lowest BCUT2D eigenvalue weighted by Gasteiger charge is -2.05. The number of nitrogens with zero attached hydrogens (tertiary/aromatic N) is 1. The Morgan fingerprint density at radius 3 is 2.67 bits per heavy atom. The molecule has 1 amide bonds. The van der Waals surface area contributed by atoms with E-state index in [-0.39, 0.29) is 17.0 Å². The van der Waals surface area contributed by atoms with E-state index in [0.29, 0.717) is 0 Å². The molecule has 6 nitrogen and oxygen atoms in total. The minimum atomic E-state index is -0.492. The Kier molecular flexibility index (Phi) is 4.40. The summed E-state index contributed by atoms with van der Waals surface area (Å²) in [5.74, 6) is 0.110. The summed E-state index contributed by atoms with van der Waals surface area (Å²) in [5.41, 5.74) is 8.97. The van der Waals surface area contributed by atoms with E-state index in [1.54, 1.807) is 31.4 Å². The number of para-hydroxylation sites is 1. The van der Waals surface area contributed by atoms with E-state index in [9.17, 15) is 9.90 Å². The molecule has 0 fully saturated rings. The molecule has 2 aromatic rings. The number of nitrogen functional groups attached to an aromatic ring is 1. The summed E-state index contributed by atoms with van der Waals surface area (Å²) in [6.45, 7) is 0. The van der Waals surface area contributed by atoms with Crippen LogP contribution in [0.3, 0.4) is 0 Å². The molecule has 0 atom stereocenters. The molecule has 0 aliphatic carbocycles. The summed E-state index contributed by atoms with van der Waals surface area (Å²) >= 11 is 0. The zero-order valence-corrected chi connectivity index (χ0v) is 11.4. The Bertz CT molecular complexity index is 666. The average molecular weight is 285 g/mol. The molecular formula is C15H15N3O3. The predicted octanol–water partition coefficient (Wildman–Crippen LogP) is 1.75. The maximum atomic E-state index is 11.9. The number of hydrazone groups is 1. The Balaban J connectivity index is 2.03. The van der Waals surface area contributed by atoms with Crippen LogP contribution >= 0.6 is 0 Å². The molecule has 21 heavy (non-hydrogen) atoms. The van der Waals surface area contributed by atoms with Gasteiger partial charge in [-0.1, -0.05) is 6.07 Å². The zero-order chi connectivity index (χ0) is 15.2. The summed E-state index contributed by atoms with van der Waals surface area (Å²) in [6.07, 6.45) is 1.50. The smallest absolute Gasteiger partial charge is 0.273 e. The van der Waals surface area contributed by atoms with Gasteiger partial charge >= 0.3 is 0 Å². The van der Waals surface area contributed by atoms with Gasteiger partial charge in [-0.3, -0.25) is 4.79 Å². The fraction of sp³-hybridized carbons (Fsp3) is 0.0667. The van der Waals surface area contributed by atoms with Crippen LogP contribution in [0.25, 0.3) is 0 Å². The number of carbonyl (C=O) groups is 1. The van der Waals surface area contributed by atoms with Crippen molar-refractivity contribution in [1.82, 2.24) is 5.43 Å². The quantitative estimate of drug-likeness (QED) is 0.345. The number of phenolic OH excluding ortho intramolecular Hbond substituents is 1. The highest BCUT2D eigenvalue weighted by molar-refractivity contribution is 6.00. The lowest BCUT2D eigenvalue weighted by atomic mass is 10.1. The van der Waals surface area contributed by atoms with Gasteiger partial charge in [0.15, 0.2) is 0 Å². The van der Waals surface area contributed by atoms with Gasteiger partial charge in [0.25, 0.3) is 5.91 Å². The molecule has 2 rings (SSSR count). The molecule has 2 aromatic carbocycles. The van der Waals surface area contributed by atoms with Crippen LogP contribution in [0.1, 0.15) is 15.9 Å². The standard InChI is InChI=1S/C15H15N3O3/c1-21-11-7-5-10(6-8-11)9-17-18-15(20)12-3-2-4-13(19)14(12)16/h2-9,19H,16H2,1H3,(H,18,20). The molecule has 0 radical (unpaired) electrons. The minimum Gasteiger partial charge on any atom is -0.506 e. The number of carbonyl (C=O) groups excluding carboxylic acids is 1. The van der Waals surface area contributed by atoms with Gasteiger partial charge in [-0.25, -0.2) is 5.43 Å². The van der Waals surface area contributed by atoms with E-state index in [2.05, 4.69) is 10.5 Å². The number of amides is 1. The van der Waals surface area contributed by atoms with E-state index in [0.717, 1.165) is 11.3 Å². The van der Waals surface area contributed by atoms with Crippen molar-refractivity contribution in [2.45, 2.75) is 0 Å². The molecule has 0 saturated carbocycles. The van der Waals surface area contributed by atoms with Crippen molar-refractivity contribution < 1.29 is 14.6 Å². The Hall–Kier alpha value is -3.02. The second-order valence-electron chi connectivity index (χ2n) is 4.21. The lowest BCUT2D eigenvalue weighted by molar-refractivity contribution is 0.0955. The minimum absolute atomic E-state index is 0.0228. The summed E-state index contributed by atoms with van der Waals surface area (Å²) < 4.78 is 5.04. The molecule has 0 aliphatic heterocycles. The van der Waals surface area contributed by atoms with E-state index in [4.69, 9.17) is 10.5 Å². The maximum Gasteiger partial charge on any atom is 0.273 e. The largest absolute Gasteiger partial charge is 0.506 e. The van der Waals surface area contributed by atoms with Crippen LogP contribution in [0, 0.1) is 0 Å². The first-order chi connectivity index (χ1) is 10.1. The van der Waals surface area contributed by atoms with Crippen molar-refractivity contribution in [2.24, 2.45) is 5.10 Å². The number of benzene rings is 2. The van der Waals surface area contributed by atoms with Crippen molar-refractivity contribution in [1.29, 1.82) is 0 Å². The molecule has 0 unspecified atom stereocenters. The third-order valence-corrected chi connectivity index (χ3v) is 2.82. The predicted molar refractivity (Wildman–Crippen MR) is 80.6 cm³/mol. The molecule has 0 aromatic heterocycles. The first-order valence-electron chi connectivity index (χ1n) is 6.16. The second kappa shape index (κ2) is 6.42. The van der Waals surface area contributed by atoms with Gasteiger partial charge in [-0.2, -0.15) is 5.10 Å². The van der Waals surface area contributed by atoms with Crippen LogP contribution in [0.15, 0.2) is 47.6 Å². The van der Waals surface area contributed by atoms with Gasteiger partial charge in [-0.15, -0.1) is 0 Å². The maximum absolute atomic E-state index is 11.9. The summed E-state index contributed by atoms with van der Waals surface area (Å²) in [5, 5.41) is 13.3. The van der Waals surface area contributed by atoms with Crippen molar-refractivity contribution in [2.75, 3.05) is 12.8 Å². The summed E-state index contributed by atoms with van der Waals surface area (Å²) in [6, 6.07) is 11.6. The molecule has 0 bridgehead atoms. The van der Waals surface area contributed by atoms with Crippen molar-refractivity contribution in [3.8, 4) is 11.5 Å². The number of nitrogens with two attached hydrogens (primary N) is 1. The molecule has 0 heterocycles. The molecule has 0 saturated heterocycles. The average Bonchev–Trinajstić information content (AvgIpc) is 2.50. The number of rotatable bonds is 4. The van der Waals surface area contributed by atoms with Crippen LogP contribution < -0.4 is 15.9 Å². The highest BCUT2D eigenvalue weighted by atomic mass is 16.5. The van der Waals surface area contributed by atoms with Crippen LogP contribution in [0.5, 0.6) is 11.5 Å². The normalized spacial score (nSPS) is 10.5. The lowest BCUT2D eigenvalue weighted by Crippen LogP contribution is -2.19. The highest BCUT2D eigenvalue weighted by Crippen LogP contribution is 2.23. The first kappa shape index (κ1) is 14.4. The first-order valence-corrected chi connectivity index (χ1v) is 6.16. The molecule has 0 aliphatic rings. The summed E-state index contributed by atoms with van der Waals surface area (Å²) in [7, 11) is 1.59. The number of hydrogen-bond donors (Lipinski definition) is 3. The van der Waals surface area contributed by atoms with Crippen LogP contribution in [-0.4, -0.2) is 24.3 Å². The zero-order valence-electron chi connectivity index (χ0n) is 11.4. The number of phenols is 1. The fourth-order valence-corrected chi connectivity index (χ4v) is 1.67. The van der Waals surface area contributed by atoms with Crippen molar-refractivity contribution >= 4 is 17.8 Å². The van der Waals surface area contributed by atoms with Gasteiger partial charge in [0, 0.05) is 0 Å². The van der Waals surface area contributed by atoms with Crippen LogP contribution in [-0.2, 0) is 0 Å². The van der Waals surface area contributed by atoms with Gasteiger partial charge in [0.05, 0.1) is 24.6 Å². The molecule has 108 valence electrons. The van der Waals surface area contributed by atoms with Crippen molar-refractivity contribution in [3.63, 3.8) is 0 Å². The number of ether oxygens (including phenoxy) is 1. The third kappa shape index (κ3) is 3.50. The SMILES string of the molecule is COc1ccc(C=NNC(=O)c2cccc(O)c2N)cc1. The Labute approximate surface area is 121 Å². The fourth-order valence-electron chi connectivity index (χ4n) is 1.67. The monoisotopic (exact) mass is 285 g/mol. The number of methoxy groups -OCH3 is 1. The van der Waals surface area contributed by atoms with E-state index in [1.807, 2.05) is 0 Å². The van der Waals surface area contributed by atoms with E-state index < -0.39 is 5.91 Å². The number of nitrogens with one attached hydrogen (secondary N) is 1. The second-order valence-corrected chi connectivity index (χ2v) is 4.21. The Morgan fingerprint density at radius 1 is 1.29 bits per heavy atom. The van der Waals surface area contributed by atoms with Gasteiger partial charge in [-0.05, 0) is 42.0 Å². The number of aromatic hydroxyl groups is 1. The van der Waals surface area contributed by atoms with Gasteiger partial charge < -0.3 is 15.6 Å². The number of hydrogen-bond acceptors (Lipinski definition) is 5. The molecular weight excluding hydrogens is 270 g/mol. The van der Waals surface area contributed by atoms with E-state index in [1.165, 1.54) is 24.4 Å². The molecule has 4 N–H and O–H groups in total. The number of anilines is 1. The highest BCUT2D eigenvalue weighted by Gasteiger charge is 2.10. The molecule has 0 spiro atoms. The van der Waals surface area contributed by atoms with Crippen molar-refractivity contribution in [3.05, 3.63) is 53.6 Å². The topological polar surface area (TPSA) is 96.9 Å². The van der Waals surface area contributed by atoms with E-state index >= 15 is 0 Å². The van der Waals surface area contributed by atoms with Gasteiger partial charge in [0.2, 0.25) is 0 Å². The Morgan fingerprint density at radius 2 is 2.00 bits per heavy atom.